The summed E-state index contributed by atoms with van der Waals surface area (Å²) in [6.45, 7) is 0.952. The third kappa shape index (κ3) is 2.17. The lowest BCUT2D eigenvalue weighted by Gasteiger charge is -2.14. The highest BCUT2D eigenvalue weighted by atomic mass is 16.4. The van der Waals surface area contributed by atoms with Gasteiger partial charge in [-0.3, -0.25) is 4.79 Å². The first-order valence-electron chi connectivity index (χ1n) is 5.44. The second-order valence-electron chi connectivity index (χ2n) is 4.07. The van der Waals surface area contributed by atoms with Crippen LogP contribution in [0.5, 0.6) is 5.75 Å². The normalized spacial score (nSPS) is 19.9. The van der Waals surface area contributed by atoms with Crippen molar-refractivity contribution in [3.63, 3.8) is 0 Å². The number of carboxylic acid groups (broad SMARTS) is 1. The number of nitrogens with one attached hydrogen (secondary N) is 1. The van der Waals surface area contributed by atoms with Crippen LogP contribution in [0.1, 0.15) is 30.0 Å². The molecule has 0 aromatic heterocycles. The molecule has 0 unspecified atom stereocenters. The molecule has 1 fully saturated rings. The van der Waals surface area contributed by atoms with Gasteiger partial charge in [0.15, 0.2) is 0 Å². The zero-order valence-electron chi connectivity index (χ0n) is 8.94. The number of phenolic OH excluding ortho intramolecular Hbond substituents is 1. The van der Waals surface area contributed by atoms with Crippen molar-refractivity contribution < 1.29 is 15.0 Å². The Balaban J connectivity index is 2.28. The summed E-state index contributed by atoms with van der Waals surface area (Å²) in [6, 6.07) is 5.47. The zero-order chi connectivity index (χ0) is 11.5. The SMILES string of the molecule is O=C(O)Cc1cccc([C@@H]2CCCN2)c1O. The number of phenols is 1. The van der Waals surface area contributed by atoms with E-state index >= 15 is 0 Å². The molecule has 1 saturated heterocycles. The summed E-state index contributed by atoms with van der Waals surface area (Å²) in [5, 5.41) is 22.0. The van der Waals surface area contributed by atoms with Crippen LogP contribution in [0.2, 0.25) is 0 Å². The Morgan fingerprint density at radius 3 is 2.94 bits per heavy atom. The molecule has 86 valence electrons. The lowest BCUT2D eigenvalue weighted by molar-refractivity contribution is -0.136. The van der Waals surface area contributed by atoms with E-state index in [1.165, 1.54) is 0 Å². The van der Waals surface area contributed by atoms with Crippen molar-refractivity contribution in [1.29, 1.82) is 0 Å². The van der Waals surface area contributed by atoms with E-state index in [2.05, 4.69) is 5.32 Å². The van der Waals surface area contributed by atoms with Crippen LogP contribution in [0.3, 0.4) is 0 Å². The maximum absolute atomic E-state index is 10.6. The van der Waals surface area contributed by atoms with Gasteiger partial charge in [-0.2, -0.15) is 0 Å². The molecule has 1 aromatic rings. The summed E-state index contributed by atoms with van der Waals surface area (Å²) >= 11 is 0. The predicted octanol–water partition coefficient (Wildman–Crippen LogP) is 1.44. The molecule has 16 heavy (non-hydrogen) atoms. The molecule has 0 bridgehead atoms. The molecule has 3 N–H and O–H groups in total. The molecular weight excluding hydrogens is 206 g/mol. The maximum atomic E-state index is 10.6. The van der Waals surface area contributed by atoms with Gasteiger partial charge in [0, 0.05) is 17.2 Å². The highest BCUT2D eigenvalue weighted by Gasteiger charge is 2.20. The van der Waals surface area contributed by atoms with Gasteiger partial charge in [-0.05, 0) is 19.4 Å². The van der Waals surface area contributed by atoms with Crippen molar-refractivity contribution in [2.24, 2.45) is 0 Å². The Morgan fingerprint density at radius 2 is 2.31 bits per heavy atom. The Hall–Kier alpha value is -1.55. The monoisotopic (exact) mass is 221 g/mol. The second-order valence-corrected chi connectivity index (χ2v) is 4.07. The van der Waals surface area contributed by atoms with Crippen LogP contribution in [0, 0.1) is 0 Å². The fraction of sp³-hybridized carbons (Fsp3) is 0.417. The number of benzene rings is 1. The molecule has 4 heteroatoms. The van der Waals surface area contributed by atoms with Crippen LogP contribution in [0.15, 0.2) is 18.2 Å². The van der Waals surface area contributed by atoms with Gasteiger partial charge in [-0.25, -0.2) is 0 Å². The van der Waals surface area contributed by atoms with E-state index in [-0.39, 0.29) is 18.2 Å². The summed E-state index contributed by atoms with van der Waals surface area (Å²) in [4.78, 5) is 10.6. The second kappa shape index (κ2) is 4.53. The van der Waals surface area contributed by atoms with Gasteiger partial charge in [-0.1, -0.05) is 18.2 Å². The first kappa shape index (κ1) is 11.0. The molecule has 0 spiro atoms. The minimum atomic E-state index is -0.924. The topological polar surface area (TPSA) is 69.6 Å². The Morgan fingerprint density at radius 1 is 1.50 bits per heavy atom. The van der Waals surface area contributed by atoms with Crippen molar-refractivity contribution in [3.05, 3.63) is 29.3 Å². The molecule has 1 heterocycles. The zero-order valence-corrected chi connectivity index (χ0v) is 8.94. The van der Waals surface area contributed by atoms with Crippen LogP contribution >= 0.6 is 0 Å². The molecular formula is C12H15NO3. The van der Waals surface area contributed by atoms with E-state index in [9.17, 15) is 9.90 Å². The molecule has 4 nitrogen and oxygen atoms in total. The third-order valence-electron chi connectivity index (χ3n) is 2.93. The summed E-state index contributed by atoms with van der Waals surface area (Å²) in [5.74, 6) is -0.795. The molecule has 2 rings (SSSR count). The van der Waals surface area contributed by atoms with Crippen LogP contribution < -0.4 is 5.32 Å². The molecule has 1 aliphatic rings. The molecule has 0 radical (unpaired) electrons. The van der Waals surface area contributed by atoms with Gasteiger partial charge in [0.1, 0.15) is 5.75 Å². The summed E-state index contributed by atoms with van der Waals surface area (Å²) < 4.78 is 0. The fourth-order valence-electron chi connectivity index (χ4n) is 2.15. The summed E-state index contributed by atoms with van der Waals surface area (Å²) in [5.41, 5.74) is 1.30. The van der Waals surface area contributed by atoms with E-state index < -0.39 is 5.97 Å². The predicted molar refractivity (Wildman–Crippen MR) is 59.4 cm³/mol. The third-order valence-corrected chi connectivity index (χ3v) is 2.93. The van der Waals surface area contributed by atoms with Gasteiger partial charge in [-0.15, -0.1) is 0 Å². The highest BCUT2D eigenvalue weighted by molar-refractivity contribution is 5.71. The number of hydrogen-bond acceptors (Lipinski definition) is 3. The van der Waals surface area contributed by atoms with Crippen LogP contribution in [-0.4, -0.2) is 22.7 Å². The van der Waals surface area contributed by atoms with Crippen molar-refractivity contribution in [2.75, 3.05) is 6.54 Å². The van der Waals surface area contributed by atoms with Crippen molar-refractivity contribution in [1.82, 2.24) is 5.32 Å². The average molecular weight is 221 g/mol. The molecule has 1 aromatic carbocycles. The van der Waals surface area contributed by atoms with Gasteiger partial charge in [0.05, 0.1) is 6.42 Å². The first-order valence-corrected chi connectivity index (χ1v) is 5.44. The van der Waals surface area contributed by atoms with Crippen molar-refractivity contribution in [2.45, 2.75) is 25.3 Å². The lowest BCUT2D eigenvalue weighted by Crippen LogP contribution is -2.13. The maximum Gasteiger partial charge on any atom is 0.307 e. The smallest absolute Gasteiger partial charge is 0.307 e. The van der Waals surface area contributed by atoms with Gasteiger partial charge in [0.25, 0.3) is 0 Å². The van der Waals surface area contributed by atoms with E-state index in [0.29, 0.717) is 5.56 Å². The van der Waals surface area contributed by atoms with E-state index in [1.807, 2.05) is 6.07 Å². The van der Waals surface area contributed by atoms with E-state index in [0.717, 1.165) is 24.9 Å². The minimum absolute atomic E-state index is 0.129. The minimum Gasteiger partial charge on any atom is -0.507 e. The number of carbonyl (C=O) groups is 1. The Bertz CT molecular complexity index is 397. The standard InChI is InChI=1S/C12H15NO3/c14-11(15)7-8-3-1-4-9(12(8)16)10-5-2-6-13-10/h1,3-4,10,13,16H,2,5-7H2,(H,14,15)/t10-/m0/s1. The number of para-hydroxylation sites is 1. The van der Waals surface area contributed by atoms with Crippen molar-refractivity contribution >= 4 is 5.97 Å². The molecule has 1 aliphatic heterocycles. The molecule has 1 atom stereocenters. The highest BCUT2D eigenvalue weighted by Crippen LogP contribution is 2.32. The number of aromatic hydroxyl groups is 1. The molecule has 0 saturated carbocycles. The summed E-state index contributed by atoms with van der Waals surface area (Å²) in [7, 11) is 0. The van der Waals surface area contributed by atoms with Crippen molar-refractivity contribution in [3.8, 4) is 5.75 Å². The van der Waals surface area contributed by atoms with Gasteiger partial charge < -0.3 is 15.5 Å². The van der Waals surface area contributed by atoms with E-state index in [4.69, 9.17) is 5.11 Å². The van der Waals surface area contributed by atoms with Crippen LogP contribution in [-0.2, 0) is 11.2 Å². The first-order chi connectivity index (χ1) is 7.68. The molecule has 0 aliphatic carbocycles. The van der Waals surface area contributed by atoms with Gasteiger partial charge >= 0.3 is 5.97 Å². The quantitative estimate of drug-likeness (QED) is 0.722. The average Bonchev–Trinajstić information content (AvgIpc) is 2.73. The lowest BCUT2D eigenvalue weighted by atomic mass is 9.99. The largest absolute Gasteiger partial charge is 0.507 e. The van der Waals surface area contributed by atoms with Gasteiger partial charge in [0.2, 0.25) is 0 Å². The van der Waals surface area contributed by atoms with E-state index in [1.54, 1.807) is 12.1 Å². The fourth-order valence-corrected chi connectivity index (χ4v) is 2.15. The number of hydrogen-bond donors (Lipinski definition) is 3. The number of aliphatic carboxylic acids is 1. The number of rotatable bonds is 3. The summed E-state index contributed by atoms with van der Waals surface area (Å²) in [6.07, 6.45) is 1.95. The Kier molecular flexibility index (Phi) is 3.10. The Labute approximate surface area is 93.9 Å². The van der Waals surface area contributed by atoms with Crippen LogP contribution in [0.4, 0.5) is 0 Å². The van der Waals surface area contributed by atoms with Crippen LogP contribution in [0.25, 0.3) is 0 Å². The number of carboxylic acids is 1. The molecule has 0 amide bonds.